The highest BCUT2D eigenvalue weighted by Gasteiger charge is 2.04. The standard InChI is InChI=1S/C18H13NO3/c20-17-10-7-12-3-1-2-4-15(12)16(17)11-19-14-8-5-13(6-9-14)18(21)22/h1-11,20H,(H,21,22)/b19-11+. The number of hydrogen-bond donors (Lipinski definition) is 2. The lowest BCUT2D eigenvalue weighted by Gasteiger charge is -2.04. The molecule has 0 atom stereocenters. The first-order chi connectivity index (χ1) is 10.6. The molecule has 0 aliphatic rings. The fourth-order valence-corrected chi connectivity index (χ4v) is 2.25. The Morgan fingerprint density at radius 3 is 2.41 bits per heavy atom. The Morgan fingerprint density at radius 1 is 0.955 bits per heavy atom. The zero-order valence-corrected chi connectivity index (χ0v) is 11.6. The van der Waals surface area contributed by atoms with Crippen LogP contribution in [0.3, 0.4) is 0 Å². The summed E-state index contributed by atoms with van der Waals surface area (Å²) >= 11 is 0. The van der Waals surface area contributed by atoms with E-state index in [1.54, 1.807) is 24.4 Å². The van der Waals surface area contributed by atoms with E-state index in [0.29, 0.717) is 11.3 Å². The first-order valence-corrected chi connectivity index (χ1v) is 6.73. The first-order valence-electron chi connectivity index (χ1n) is 6.73. The SMILES string of the molecule is O=C(O)c1ccc(/N=C/c2c(O)ccc3ccccc23)cc1. The number of carbonyl (C=O) groups is 1. The number of carboxylic acids is 1. The van der Waals surface area contributed by atoms with Crippen LogP contribution in [0.5, 0.6) is 5.75 Å². The molecule has 0 aromatic heterocycles. The number of rotatable bonds is 3. The molecule has 0 fully saturated rings. The molecule has 108 valence electrons. The van der Waals surface area contributed by atoms with Crippen LogP contribution < -0.4 is 0 Å². The van der Waals surface area contributed by atoms with Crippen molar-refractivity contribution in [1.82, 2.24) is 0 Å². The van der Waals surface area contributed by atoms with Crippen molar-refractivity contribution in [2.24, 2.45) is 4.99 Å². The maximum Gasteiger partial charge on any atom is 0.335 e. The van der Waals surface area contributed by atoms with E-state index in [9.17, 15) is 9.90 Å². The van der Waals surface area contributed by atoms with Gasteiger partial charge in [-0.3, -0.25) is 4.99 Å². The number of nitrogens with zero attached hydrogens (tertiary/aromatic N) is 1. The van der Waals surface area contributed by atoms with Crippen LogP contribution in [0.1, 0.15) is 15.9 Å². The van der Waals surface area contributed by atoms with E-state index in [1.165, 1.54) is 12.1 Å². The van der Waals surface area contributed by atoms with Gasteiger partial charge in [0.2, 0.25) is 0 Å². The third-order valence-corrected chi connectivity index (χ3v) is 3.40. The van der Waals surface area contributed by atoms with Gasteiger partial charge in [-0.25, -0.2) is 4.79 Å². The molecule has 3 aromatic carbocycles. The van der Waals surface area contributed by atoms with Gasteiger partial charge in [0.25, 0.3) is 0 Å². The lowest BCUT2D eigenvalue weighted by molar-refractivity contribution is 0.0697. The zero-order valence-electron chi connectivity index (χ0n) is 11.6. The lowest BCUT2D eigenvalue weighted by atomic mass is 10.0. The molecule has 4 nitrogen and oxygen atoms in total. The van der Waals surface area contributed by atoms with Gasteiger partial charge in [-0.05, 0) is 41.1 Å². The fraction of sp³-hybridized carbons (Fsp3) is 0. The van der Waals surface area contributed by atoms with E-state index < -0.39 is 5.97 Å². The molecule has 0 saturated carbocycles. The van der Waals surface area contributed by atoms with E-state index in [4.69, 9.17) is 5.11 Å². The van der Waals surface area contributed by atoms with Crippen molar-refractivity contribution < 1.29 is 15.0 Å². The smallest absolute Gasteiger partial charge is 0.335 e. The molecular weight excluding hydrogens is 278 g/mol. The Morgan fingerprint density at radius 2 is 1.68 bits per heavy atom. The number of hydrogen-bond acceptors (Lipinski definition) is 3. The van der Waals surface area contributed by atoms with Gasteiger partial charge in [-0.2, -0.15) is 0 Å². The zero-order chi connectivity index (χ0) is 15.5. The molecule has 0 radical (unpaired) electrons. The van der Waals surface area contributed by atoms with Gasteiger partial charge in [-0.15, -0.1) is 0 Å². The molecule has 0 saturated heterocycles. The van der Waals surface area contributed by atoms with Crippen molar-refractivity contribution in [1.29, 1.82) is 0 Å². The maximum atomic E-state index is 10.8. The number of fused-ring (bicyclic) bond motifs is 1. The summed E-state index contributed by atoms with van der Waals surface area (Å²) in [7, 11) is 0. The predicted molar refractivity (Wildman–Crippen MR) is 86.3 cm³/mol. The first kappa shape index (κ1) is 13.8. The molecule has 22 heavy (non-hydrogen) atoms. The van der Waals surface area contributed by atoms with Gasteiger partial charge in [0, 0.05) is 11.8 Å². The lowest BCUT2D eigenvalue weighted by Crippen LogP contribution is -1.94. The number of carboxylic acid groups (broad SMARTS) is 1. The van der Waals surface area contributed by atoms with Crippen LogP contribution in [0.2, 0.25) is 0 Å². The average Bonchev–Trinajstić information content (AvgIpc) is 2.54. The van der Waals surface area contributed by atoms with Gasteiger partial charge in [-0.1, -0.05) is 30.3 Å². The number of phenols is 1. The van der Waals surface area contributed by atoms with E-state index >= 15 is 0 Å². The van der Waals surface area contributed by atoms with E-state index in [2.05, 4.69) is 4.99 Å². The quantitative estimate of drug-likeness (QED) is 0.717. The number of benzene rings is 3. The van der Waals surface area contributed by atoms with Gasteiger partial charge in [0.1, 0.15) is 5.75 Å². The van der Waals surface area contributed by atoms with Gasteiger partial charge >= 0.3 is 5.97 Å². The predicted octanol–water partition coefficient (Wildman–Crippen LogP) is 3.99. The highest BCUT2D eigenvalue weighted by atomic mass is 16.4. The summed E-state index contributed by atoms with van der Waals surface area (Å²) < 4.78 is 0. The molecule has 0 bridgehead atoms. The highest BCUT2D eigenvalue weighted by Crippen LogP contribution is 2.26. The monoisotopic (exact) mass is 291 g/mol. The molecule has 0 aliphatic heterocycles. The molecule has 2 N–H and O–H groups in total. The molecular formula is C18H13NO3. The average molecular weight is 291 g/mol. The van der Waals surface area contributed by atoms with Gasteiger partial charge in [0.15, 0.2) is 0 Å². The topological polar surface area (TPSA) is 69.9 Å². The van der Waals surface area contributed by atoms with E-state index in [-0.39, 0.29) is 11.3 Å². The Kier molecular flexibility index (Phi) is 3.58. The summed E-state index contributed by atoms with van der Waals surface area (Å²) in [6.07, 6.45) is 1.59. The van der Waals surface area contributed by atoms with Crippen molar-refractivity contribution in [3.8, 4) is 5.75 Å². The highest BCUT2D eigenvalue weighted by molar-refractivity contribution is 6.03. The van der Waals surface area contributed by atoms with Crippen LogP contribution in [0.4, 0.5) is 5.69 Å². The summed E-state index contributed by atoms with van der Waals surface area (Å²) in [4.78, 5) is 15.1. The third kappa shape index (κ3) is 2.67. The molecule has 3 aromatic rings. The number of phenolic OH excluding ortho intramolecular Hbond substituents is 1. The Labute approximate surface area is 127 Å². The van der Waals surface area contributed by atoms with Crippen LogP contribution in [0, 0.1) is 0 Å². The van der Waals surface area contributed by atoms with Crippen molar-refractivity contribution >= 4 is 28.6 Å². The molecule has 0 unspecified atom stereocenters. The van der Waals surface area contributed by atoms with E-state index in [0.717, 1.165) is 10.8 Å². The van der Waals surface area contributed by atoms with Crippen molar-refractivity contribution in [2.75, 3.05) is 0 Å². The number of aliphatic imine (C=N–C) groups is 1. The molecule has 0 aliphatic carbocycles. The van der Waals surface area contributed by atoms with Gasteiger partial charge < -0.3 is 10.2 Å². The van der Waals surface area contributed by atoms with Crippen molar-refractivity contribution in [3.63, 3.8) is 0 Å². The second-order valence-electron chi connectivity index (χ2n) is 4.83. The second-order valence-corrected chi connectivity index (χ2v) is 4.83. The van der Waals surface area contributed by atoms with Crippen LogP contribution in [0.25, 0.3) is 10.8 Å². The number of aromatic hydroxyl groups is 1. The number of aromatic carboxylic acids is 1. The molecule has 4 heteroatoms. The largest absolute Gasteiger partial charge is 0.507 e. The minimum atomic E-state index is -0.970. The second kappa shape index (κ2) is 5.69. The van der Waals surface area contributed by atoms with Crippen LogP contribution >= 0.6 is 0 Å². The summed E-state index contributed by atoms with van der Waals surface area (Å²) in [6.45, 7) is 0. The Bertz CT molecular complexity index is 867. The molecule has 3 rings (SSSR count). The summed E-state index contributed by atoms with van der Waals surface area (Å²) in [6, 6.07) is 17.5. The van der Waals surface area contributed by atoms with Crippen molar-refractivity contribution in [3.05, 3.63) is 71.8 Å². The maximum absolute atomic E-state index is 10.8. The minimum absolute atomic E-state index is 0.157. The molecule has 0 amide bonds. The van der Waals surface area contributed by atoms with Gasteiger partial charge in [0.05, 0.1) is 11.3 Å². The Balaban J connectivity index is 1.98. The normalized spacial score (nSPS) is 11.1. The Hall–Kier alpha value is -3.14. The van der Waals surface area contributed by atoms with Crippen LogP contribution in [-0.2, 0) is 0 Å². The minimum Gasteiger partial charge on any atom is -0.507 e. The molecule has 0 spiro atoms. The van der Waals surface area contributed by atoms with Crippen molar-refractivity contribution in [2.45, 2.75) is 0 Å². The van der Waals surface area contributed by atoms with Crippen LogP contribution in [0.15, 0.2) is 65.7 Å². The summed E-state index contributed by atoms with van der Waals surface area (Å²) in [5.74, 6) is -0.813. The molecule has 0 heterocycles. The third-order valence-electron chi connectivity index (χ3n) is 3.40. The fourth-order valence-electron chi connectivity index (χ4n) is 2.25. The summed E-state index contributed by atoms with van der Waals surface area (Å²) in [5, 5.41) is 20.8. The summed E-state index contributed by atoms with van der Waals surface area (Å²) in [5.41, 5.74) is 1.48. The van der Waals surface area contributed by atoms with E-state index in [1.807, 2.05) is 30.3 Å². The van der Waals surface area contributed by atoms with Crippen LogP contribution in [-0.4, -0.2) is 22.4 Å².